The van der Waals surface area contributed by atoms with Crippen molar-refractivity contribution in [3.8, 4) is 0 Å². The molecule has 0 atom stereocenters. The average molecular weight is 274 g/mol. The van der Waals surface area contributed by atoms with Crippen LogP contribution < -0.4 is 10.6 Å². The Morgan fingerprint density at radius 1 is 1.30 bits per heavy atom. The van der Waals surface area contributed by atoms with E-state index in [4.69, 9.17) is 4.42 Å². The second-order valence-corrected chi connectivity index (χ2v) is 4.30. The predicted molar refractivity (Wildman–Crippen MR) is 75.6 cm³/mol. The lowest BCUT2D eigenvalue weighted by atomic mass is 10.3. The van der Waals surface area contributed by atoms with E-state index in [0.717, 1.165) is 18.7 Å². The van der Waals surface area contributed by atoms with Gasteiger partial charge in [-0.3, -0.25) is 4.79 Å². The average Bonchev–Trinajstić information content (AvgIpc) is 2.99. The Kier molecular flexibility index (Phi) is 5.11. The highest BCUT2D eigenvalue weighted by atomic mass is 16.3. The van der Waals surface area contributed by atoms with E-state index < -0.39 is 0 Å². The maximum atomic E-state index is 11.8. The summed E-state index contributed by atoms with van der Waals surface area (Å²) < 4.78 is 5.19. The molecule has 0 spiro atoms. The first kappa shape index (κ1) is 14.0. The van der Waals surface area contributed by atoms with Gasteiger partial charge in [-0.25, -0.2) is 9.97 Å². The maximum Gasteiger partial charge on any atom is 0.271 e. The second kappa shape index (κ2) is 7.28. The van der Waals surface area contributed by atoms with Crippen molar-refractivity contribution in [1.29, 1.82) is 0 Å². The fourth-order valence-corrected chi connectivity index (χ4v) is 1.63. The zero-order chi connectivity index (χ0) is 14.2. The van der Waals surface area contributed by atoms with Gasteiger partial charge in [0.2, 0.25) is 0 Å². The summed E-state index contributed by atoms with van der Waals surface area (Å²) in [6.45, 7) is 3.41. The van der Waals surface area contributed by atoms with Crippen LogP contribution in [0.5, 0.6) is 0 Å². The normalized spacial score (nSPS) is 10.2. The van der Waals surface area contributed by atoms with E-state index in [1.54, 1.807) is 12.5 Å². The van der Waals surface area contributed by atoms with Crippen LogP contribution in [0.2, 0.25) is 0 Å². The van der Waals surface area contributed by atoms with Crippen molar-refractivity contribution < 1.29 is 9.21 Å². The van der Waals surface area contributed by atoms with Crippen LogP contribution in [0, 0.1) is 0 Å². The van der Waals surface area contributed by atoms with E-state index in [1.807, 2.05) is 12.1 Å². The Balaban J connectivity index is 1.79. The van der Waals surface area contributed by atoms with Crippen molar-refractivity contribution in [1.82, 2.24) is 15.3 Å². The van der Waals surface area contributed by atoms with Crippen molar-refractivity contribution in [2.75, 3.05) is 18.4 Å². The number of hydrogen-bond donors (Lipinski definition) is 2. The molecule has 2 rings (SSSR count). The van der Waals surface area contributed by atoms with Crippen LogP contribution in [0.4, 0.5) is 5.82 Å². The lowest BCUT2D eigenvalue weighted by molar-refractivity contribution is 0.0948. The number of hydrogen-bond acceptors (Lipinski definition) is 5. The molecule has 6 heteroatoms. The molecule has 2 aromatic heterocycles. The van der Waals surface area contributed by atoms with Gasteiger partial charge in [0.1, 0.15) is 17.3 Å². The Hall–Kier alpha value is -2.37. The molecule has 1 amide bonds. The summed E-state index contributed by atoms with van der Waals surface area (Å²) in [5, 5.41) is 5.88. The van der Waals surface area contributed by atoms with Crippen LogP contribution in [-0.2, 0) is 6.42 Å². The third kappa shape index (κ3) is 4.08. The van der Waals surface area contributed by atoms with Crippen LogP contribution in [0.3, 0.4) is 0 Å². The summed E-state index contributed by atoms with van der Waals surface area (Å²) in [5.74, 6) is 1.29. The topological polar surface area (TPSA) is 80.0 Å². The largest absolute Gasteiger partial charge is 0.469 e. The molecule has 0 unspecified atom stereocenters. The molecular formula is C14H18N4O2. The van der Waals surface area contributed by atoms with E-state index in [2.05, 4.69) is 27.5 Å². The van der Waals surface area contributed by atoms with Crippen molar-refractivity contribution in [3.05, 3.63) is 42.2 Å². The summed E-state index contributed by atoms with van der Waals surface area (Å²) in [5.41, 5.74) is 0.312. The highest BCUT2D eigenvalue weighted by Gasteiger charge is 2.07. The standard InChI is InChI=1S/C14H18N4O2/c1-2-6-15-13-10-17-12(9-18-13)14(19)16-7-5-11-4-3-8-20-11/h3-4,8-10H,2,5-7H2,1H3,(H,15,18)(H,16,19). The lowest BCUT2D eigenvalue weighted by Crippen LogP contribution is -2.26. The highest BCUT2D eigenvalue weighted by molar-refractivity contribution is 5.91. The minimum absolute atomic E-state index is 0.230. The van der Waals surface area contributed by atoms with Gasteiger partial charge in [-0.05, 0) is 18.6 Å². The van der Waals surface area contributed by atoms with Crippen LogP contribution in [-0.4, -0.2) is 29.0 Å². The zero-order valence-corrected chi connectivity index (χ0v) is 11.4. The molecule has 0 aliphatic rings. The smallest absolute Gasteiger partial charge is 0.271 e. The number of nitrogens with one attached hydrogen (secondary N) is 2. The molecule has 0 aliphatic heterocycles. The van der Waals surface area contributed by atoms with E-state index in [-0.39, 0.29) is 5.91 Å². The first-order valence-corrected chi connectivity index (χ1v) is 6.66. The van der Waals surface area contributed by atoms with Crippen LogP contribution in [0.15, 0.2) is 35.2 Å². The van der Waals surface area contributed by atoms with Gasteiger partial charge in [0.05, 0.1) is 18.7 Å². The molecule has 6 nitrogen and oxygen atoms in total. The van der Waals surface area contributed by atoms with Gasteiger partial charge < -0.3 is 15.1 Å². The number of furan rings is 1. The van der Waals surface area contributed by atoms with Crippen molar-refractivity contribution in [3.63, 3.8) is 0 Å². The first-order chi connectivity index (χ1) is 9.79. The molecule has 20 heavy (non-hydrogen) atoms. The van der Waals surface area contributed by atoms with E-state index >= 15 is 0 Å². The van der Waals surface area contributed by atoms with Gasteiger partial charge in [0.25, 0.3) is 5.91 Å². The van der Waals surface area contributed by atoms with Gasteiger partial charge >= 0.3 is 0 Å². The molecule has 2 aromatic rings. The quantitative estimate of drug-likeness (QED) is 0.805. The Morgan fingerprint density at radius 3 is 2.85 bits per heavy atom. The summed E-state index contributed by atoms with van der Waals surface area (Å²) in [6, 6.07) is 3.70. The minimum Gasteiger partial charge on any atom is -0.469 e. The van der Waals surface area contributed by atoms with E-state index in [1.165, 1.54) is 6.20 Å². The highest BCUT2D eigenvalue weighted by Crippen LogP contribution is 2.02. The second-order valence-electron chi connectivity index (χ2n) is 4.30. The van der Waals surface area contributed by atoms with Gasteiger partial charge in [0, 0.05) is 19.5 Å². The molecule has 0 saturated heterocycles. The molecule has 2 N–H and O–H groups in total. The van der Waals surface area contributed by atoms with Crippen molar-refractivity contribution >= 4 is 11.7 Å². The Labute approximate surface area is 117 Å². The molecule has 0 fully saturated rings. The third-order valence-electron chi connectivity index (χ3n) is 2.68. The van der Waals surface area contributed by atoms with E-state index in [9.17, 15) is 4.79 Å². The first-order valence-electron chi connectivity index (χ1n) is 6.66. The van der Waals surface area contributed by atoms with Gasteiger partial charge in [-0.1, -0.05) is 6.92 Å². The molecule has 0 aliphatic carbocycles. The lowest BCUT2D eigenvalue weighted by Gasteiger charge is -2.05. The van der Waals surface area contributed by atoms with Gasteiger partial charge in [-0.2, -0.15) is 0 Å². The molecular weight excluding hydrogens is 256 g/mol. The third-order valence-corrected chi connectivity index (χ3v) is 2.68. The number of rotatable bonds is 7. The number of nitrogens with zero attached hydrogens (tertiary/aromatic N) is 2. The molecule has 0 aromatic carbocycles. The Morgan fingerprint density at radius 2 is 2.20 bits per heavy atom. The molecule has 0 bridgehead atoms. The summed E-state index contributed by atoms with van der Waals surface area (Å²) in [7, 11) is 0. The number of carbonyl (C=O) groups is 1. The maximum absolute atomic E-state index is 11.8. The Bertz CT molecular complexity index is 523. The molecule has 0 radical (unpaired) electrons. The summed E-state index contributed by atoms with van der Waals surface area (Å²) in [4.78, 5) is 20.1. The van der Waals surface area contributed by atoms with Crippen molar-refractivity contribution in [2.24, 2.45) is 0 Å². The molecule has 0 saturated carbocycles. The summed E-state index contributed by atoms with van der Waals surface area (Å²) in [6.07, 6.45) is 6.32. The monoisotopic (exact) mass is 274 g/mol. The minimum atomic E-state index is -0.230. The predicted octanol–water partition coefficient (Wildman–Crippen LogP) is 1.86. The zero-order valence-electron chi connectivity index (χ0n) is 11.4. The van der Waals surface area contributed by atoms with Crippen LogP contribution >= 0.6 is 0 Å². The number of aromatic nitrogens is 2. The SMILES string of the molecule is CCCNc1cnc(C(=O)NCCc2ccco2)cn1. The fourth-order valence-electron chi connectivity index (χ4n) is 1.63. The molecule has 106 valence electrons. The number of anilines is 1. The summed E-state index contributed by atoms with van der Waals surface area (Å²) >= 11 is 0. The number of carbonyl (C=O) groups excluding carboxylic acids is 1. The van der Waals surface area contributed by atoms with E-state index in [0.29, 0.717) is 24.5 Å². The van der Waals surface area contributed by atoms with Gasteiger partial charge in [0.15, 0.2) is 0 Å². The van der Waals surface area contributed by atoms with Crippen molar-refractivity contribution in [2.45, 2.75) is 19.8 Å². The number of amides is 1. The van der Waals surface area contributed by atoms with Gasteiger partial charge in [-0.15, -0.1) is 0 Å². The fraction of sp³-hybridized carbons (Fsp3) is 0.357. The molecule has 2 heterocycles. The van der Waals surface area contributed by atoms with Crippen LogP contribution in [0.1, 0.15) is 29.6 Å². The van der Waals surface area contributed by atoms with Crippen LogP contribution in [0.25, 0.3) is 0 Å².